The highest BCUT2D eigenvalue weighted by molar-refractivity contribution is 5.74. The van der Waals surface area contributed by atoms with Gasteiger partial charge in [0.25, 0.3) is 0 Å². The van der Waals surface area contributed by atoms with Crippen LogP contribution in [0.3, 0.4) is 0 Å². The minimum Gasteiger partial charge on any atom is -0.481 e. The highest BCUT2D eigenvalue weighted by Crippen LogP contribution is 2.10. The van der Waals surface area contributed by atoms with Crippen molar-refractivity contribution >= 4 is 12.0 Å². The van der Waals surface area contributed by atoms with Gasteiger partial charge in [-0.3, -0.25) is 4.79 Å². The number of carboxylic acid groups (broad SMARTS) is 1. The quantitative estimate of drug-likeness (QED) is 0.545. The number of hydrogen-bond donors (Lipinski definition) is 4. The number of carbonyl (C=O) groups is 2. The lowest BCUT2D eigenvalue weighted by Gasteiger charge is -2.15. The molecule has 1 atom stereocenters. The van der Waals surface area contributed by atoms with Crippen LogP contribution >= 0.6 is 0 Å². The summed E-state index contributed by atoms with van der Waals surface area (Å²) in [6.45, 7) is 2.28. The van der Waals surface area contributed by atoms with Gasteiger partial charge in [-0.15, -0.1) is 0 Å². The zero-order valence-electron chi connectivity index (χ0n) is 10.3. The second-order valence-corrected chi connectivity index (χ2v) is 3.83. The largest absolute Gasteiger partial charge is 0.481 e. The van der Waals surface area contributed by atoms with E-state index in [0.29, 0.717) is 18.8 Å². The predicted molar refractivity (Wildman–Crippen MR) is 65.0 cm³/mol. The molecular weight excluding hydrogens is 236 g/mol. The molecule has 1 unspecified atom stereocenters. The number of nitrogens with one attached hydrogen (secondary N) is 3. The molecule has 1 heterocycles. The Hall–Kier alpha value is -2.05. The summed E-state index contributed by atoms with van der Waals surface area (Å²) in [6.07, 6.45) is 4.51. The Balaban J connectivity index is 2.28. The third-order valence-corrected chi connectivity index (χ3v) is 2.42. The third kappa shape index (κ3) is 4.86. The molecule has 0 aliphatic heterocycles. The van der Waals surface area contributed by atoms with Gasteiger partial charge in [-0.25, -0.2) is 9.78 Å². The van der Waals surface area contributed by atoms with Crippen LogP contribution in [0.15, 0.2) is 12.4 Å². The Labute approximate surface area is 105 Å². The predicted octanol–water partition coefficient (Wildman–Crippen LogP) is 1.02. The first-order valence-electron chi connectivity index (χ1n) is 5.89. The lowest BCUT2D eigenvalue weighted by atomic mass is 10.2. The molecule has 0 aliphatic rings. The standard InChI is InChI=1S/C11H18N4O3/c1-2-8(10-12-6-7-13-10)15-11(18)14-5-3-4-9(16)17/h6-8H,2-5H2,1H3,(H,12,13)(H,16,17)(H2,14,15,18). The van der Waals surface area contributed by atoms with Gasteiger partial charge in [0, 0.05) is 25.4 Å². The molecule has 0 aromatic carbocycles. The average molecular weight is 254 g/mol. The number of carbonyl (C=O) groups excluding carboxylic acids is 1. The van der Waals surface area contributed by atoms with Gasteiger partial charge in [0.05, 0.1) is 6.04 Å². The minimum absolute atomic E-state index is 0.0513. The first-order valence-corrected chi connectivity index (χ1v) is 5.89. The Kier molecular flexibility index (Phi) is 5.69. The summed E-state index contributed by atoms with van der Waals surface area (Å²) >= 11 is 0. The molecule has 18 heavy (non-hydrogen) atoms. The molecule has 0 saturated carbocycles. The van der Waals surface area contributed by atoms with Crippen molar-refractivity contribution in [1.82, 2.24) is 20.6 Å². The average Bonchev–Trinajstić information content (AvgIpc) is 2.85. The summed E-state index contributed by atoms with van der Waals surface area (Å²) in [5.41, 5.74) is 0. The van der Waals surface area contributed by atoms with Crippen LogP contribution < -0.4 is 10.6 Å². The molecule has 7 heteroatoms. The van der Waals surface area contributed by atoms with Crippen LogP contribution in [0.4, 0.5) is 4.79 Å². The van der Waals surface area contributed by atoms with E-state index >= 15 is 0 Å². The summed E-state index contributed by atoms with van der Waals surface area (Å²) in [5.74, 6) is -0.155. The van der Waals surface area contributed by atoms with E-state index in [0.717, 1.165) is 6.42 Å². The van der Waals surface area contributed by atoms with Crippen LogP contribution in [0.2, 0.25) is 0 Å². The minimum atomic E-state index is -0.862. The van der Waals surface area contributed by atoms with E-state index in [1.807, 2.05) is 6.92 Å². The Morgan fingerprint density at radius 1 is 1.56 bits per heavy atom. The molecule has 0 radical (unpaired) electrons. The van der Waals surface area contributed by atoms with Gasteiger partial charge in [-0.1, -0.05) is 6.92 Å². The van der Waals surface area contributed by atoms with Crippen molar-refractivity contribution in [3.8, 4) is 0 Å². The zero-order valence-corrected chi connectivity index (χ0v) is 10.3. The molecule has 4 N–H and O–H groups in total. The van der Waals surface area contributed by atoms with Gasteiger partial charge < -0.3 is 20.7 Å². The van der Waals surface area contributed by atoms with Crippen molar-refractivity contribution < 1.29 is 14.7 Å². The number of rotatable bonds is 7. The highest BCUT2D eigenvalue weighted by Gasteiger charge is 2.13. The van der Waals surface area contributed by atoms with E-state index in [1.165, 1.54) is 0 Å². The van der Waals surface area contributed by atoms with Crippen LogP contribution in [0.5, 0.6) is 0 Å². The molecular formula is C11H18N4O3. The van der Waals surface area contributed by atoms with Crippen LogP contribution in [0, 0.1) is 0 Å². The van der Waals surface area contributed by atoms with E-state index in [2.05, 4.69) is 20.6 Å². The summed E-state index contributed by atoms with van der Waals surface area (Å²) in [5, 5.41) is 13.8. The van der Waals surface area contributed by atoms with Crippen molar-refractivity contribution in [2.45, 2.75) is 32.2 Å². The Bertz CT molecular complexity index is 378. The number of nitrogens with zero attached hydrogens (tertiary/aromatic N) is 1. The molecule has 0 fully saturated rings. The van der Waals surface area contributed by atoms with Crippen LogP contribution in [0.25, 0.3) is 0 Å². The van der Waals surface area contributed by atoms with Crippen molar-refractivity contribution in [3.63, 3.8) is 0 Å². The topological polar surface area (TPSA) is 107 Å². The van der Waals surface area contributed by atoms with Crippen molar-refractivity contribution in [1.29, 1.82) is 0 Å². The number of imidazole rings is 1. The maximum absolute atomic E-state index is 11.5. The zero-order chi connectivity index (χ0) is 13.4. The second kappa shape index (κ2) is 7.31. The van der Waals surface area contributed by atoms with Crippen LogP contribution in [0.1, 0.15) is 38.1 Å². The fraction of sp³-hybridized carbons (Fsp3) is 0.545. The number of amides is 2. The monoisotopic (exact) mass is 254 g/mol. The first-order chi connectivity index (χ1) is 8.63. The SMILES string of the molecule is CCC(NC(=O)NCCCC(=O)O)c1ncc[nH]1. The number of aromatic nitrogens is 2. The number of hydrogen-bond acceptors (Lipinski definition) is 3. The lowest BCUT2D eigenvalue weighted by molar-refractivity contribution is -0.137. The van der Waals surface area contributed by atoms with Gasteiger partial charge in [-0.05, 0) is 12.8 Å². The fourth-order valence-corrected chi connectivity index (χ4v) is 1.48. The molecule has 0 bridgehead atoms. The lowest BCUT2D eigenvalue weighted by Crippen LogP contribution is -2.38. The maximum atomic E-state index is 11.5. The normalized spacial score (nSPS) is 11.8. The molecule has 7 nitrogen and oxygen atoms in total. The summed E-state index contributed by atoms with van der Waals surface area (Å²) in [7, 11) is 0. The van der Waals surface area contributed by atoms with E-state index in [9.17, 15) is 9.59 Å². The molecule has 1 aromatic heterocycles. The summed E-state index contributed by atoms with van der Waals surface area (Å²) in [4.78, 5) is 28.9. The van der Waals surface area contributed by atoms with Crippen molar-refractivity contribution in [2.75, 3.05) is 6.54 Å². The molecule has 1 rings (SSSR count). The van der Waals surface area contributed by atoms with Crippen LogP contribution in [-0.4, -0.2) is 33.6 Å². The Morgan fingerprint density at radius 3 is 2.89 bits per heavy atom. The van der Waals surface area contributed by atoms with Crippen molar-refractivity contribution in [3.05, 3.63) is 18.2 Å². The van der Waals surface area contributed by atoms with Crippen molar-refractivity contribution in [2.24, 2.45) is 0 Å². The third-order valence-electron chi connectivity index (χ3n) is 2.42. The van der Waals surface area contributed by atoms with Gasteiger partial charge in [0.2, 0.25) is 0 Å². The molecule has 0 spiro atoms. The molecule has 2 amide bonds. The number of aromatic amines is 1. The smallest absolute Gasteiger partial charge is 0.315 e. The first kappa shape index (κ1) is 14.0. The second-order valence-electron chi connectivity index (χ2n) is 3.83. The van der Waals surface area contributed by atoms with E-state index in [1.54, 1.807) is 12.4 Å². The van der Waals surface area contributed by atoms with Gasteiger partial charge >= 0.3 is 12.0 Å². The Morgan fingerprint density at radius 2 is 2.33 bits per heavy atom. The van der Waals surface area contributed by atoms with Gasteiger partial charge in [0.1, 0.15) is 5.82 Å². The van der Waals surface area contributed by atoms with Gasteiger partial charge in [0.15, 0.2) is 0 Å². The number of aliphatic carboxylic acids is 1. The van der Waals surface area contributed by atoms with E-state index in [4.69, 9.17) is 5.11 Å². The number of H-pyrrole nitrogens is 1. The molecule has 1 aromatic rings. The summed E-state index contributed by atoms with van der Waals surface area (Å²) in [6, 6.07) is -0.483. The summed E-state index contributed by atoms with van der Waals surface area (Å²) < 4.78 is 0. The molecule has 0 saturated heterocycles. The highest BCUT2D eigenvalue weighted by atomic mass is 16.4. The van der Waals surface area contributed by atoms with Gasteiger partial charge in [-0.2, -0.15) is 0 Å². The van der Waals surface area contributed by atoms with E-state index < -0.39 is 5.97 Å². The molecule has 100 valence electrons. The number of carboxylic acids is 1. The fourth-order valence-electron chi connectivity index (χ4n) is 1.48. The van der Waals surface area contributed by atoms with Crippen LogP contribution in [-0.2, 0) is 4.79 Å². The number of urea groups is 1. The van der Waals surface area contributed by atoms with E-state index in [-0.39, 0.29) is 18.5 Å². The molecule has 0 aliphatic carbocycles. The maximum Gasteiger partial charge on any atom is 0.315 e.